The molecule has 0 spiro atoms. The summed E-state index contributed by atoms with van der Waals surface area (Å²) in [6, 6.07) is 9.14. The zero-order valence-corrected chi connectivity index (χ0v) is 18.0. The number of H-pyrrole nitrogens is 1. The molecule has 0 bridgehead atoms. The van der Waals surface area contributed by atoms with Crippen LogP contribution in [0.3, 0.4) is 0 Å². The van der Waals surface area contributed by atoms with E-state index < -0.39 is 5.92 Å². The molecule has 0 saturated carbocycles. The number of pyridine rings is 1. The van der Waals surface area contributed by atoms with Crippen LogP contribution >= 0.6 is 46.2 Å². The average Bonchev–Trinajstić information content (AvgIpc) is 3.27. The van der Waals surface area contributed by atoms with Crippen LogP contribution in [0, 0.1) is 11.3 Å². The number of hydrogen-bond donors (Lipinski definition) is 2. The number of thioether (sulfide) groups is 1. The molecular formula is C19H11ClN4O2S3. The standard InChI is InChI=1S/C19H11ClN4O2S3/c1-27-18-12-13-15(28-19(12)29-24-18)14-11(17(25)23-13)10(9(6-21)16(22)26-14)7-2-4-8(20)5-3-7/h2-5,10H,22H2,1H3,(H,23,25). The molecule has 1 aromatic carbocycles. The quantitative estimate of drug-likeness (QED) is 0.418. The predicted octanol–water partition coefficient (Wildman–Crippen LogP) is 4.79. The van der Waals surface area contributed by atoms with Crippen LogP contribution in [0.5, 0.6) is 5.75 Å². The fourth-order valence-electron chi connectivity index (χ4n) is 3.55. The first kappa shape index (κ1) is 18.5. The lowest BCUT2D eigenvalue weighted by Gasteiger charge is -2.25. The predicted molar refractivity (Wildman–Crippen MR) is 118 cm³/mol. The highest BCUT2D eigenvalue weighted by atomic mass is 35.5. The minimum atomic E-state index is -0.632. The second-order valence-corrected chi connectivity index (χ2v) is 9.62. The Hall–Kier alpha value is -2.51. The van der Waals surface area contributed by atoms with Crippen LogP contribution in [0.1, 0.15) is 17.0 Å². The van der Waals surface area contributed by atoms with Crippen LogP contribution in [-0.2, 0) is 0 Å². The number of nitrogens with two attached hydrogens (primary N) is 1. The minimum Gasteiger partial charge on any atom is -0.438 e. The lowest BCUT2D eigenvalue weighted by atomic mass is 9.84. The molecule has 10 heteroatoms. The molecule has 0 fully saturated rings. The first-order chi connectivity index (χ1) is 14.0. The maximum absolute atomic E-state index is 13.2. The zero-order valence-electron chi connectivity index (χ0n) is 14.8. The van der Waals surface area contributed by atoms with E-state index in [0.717, 1.165) is 24.7 Å². The molecule has 4 aromatic rings. The summed E-state index contributed by atoms with van der Waals surface area (Å²) >= 11 is 10.4. The monoisotopic (exact) mass is 458 g/mol. The number of fused-ring (bicyclic) bond motifs is 5. The van der Waals surface area contributed by atoms with Crippen molar-refractivity contribution in [2.24, 2.45) is 5.73 Å². The molecule has 0 amide bonds. The number of halogens is 1. The van der Waals surface area contributed by atoms with Crippen LogP contribution in [-0.4, -0.2) is 15.6 Å². The van der Waals surface area contributed by atoms with Crippen molar-refractivity contribution < 1.29 is 4.74 Å². The van der Waals surface area contributed by atoms with E-state index in [1.165, 1.54) is 34.6 Å². The number of aromatic amines is 1. The molecule has 4 heterocycles. The summed E-state index contributed by atoms with van der Waals surface area (Å²) in [5.41, 5.74) is 7.81. The Balaban J connectivity index is 1.86. The zero-order chi connectivity index (χ0) is 20.3. The SMILES string of the molecule is CSc1nsc2sc3c4c(c(=O)[nH]c3c12)C(c1ccc(Cl)cc1)C(C#N)=C(N)O4. The molecule has 3 aromatic heterocycles. The molecule has 144 valence electrons. The van der Waals surface area contributed by atoms with E-state index in [9.17, 15) is 10.1 Å². The Kier molecular flexibility index (Phi) is 4.33. The van der Waals surface area contributed by atoms with Crippen molar-refractivity contribution in [2.45, 2.75) is 10.9 Å². The number of nitrogens with zero attached hydrogens (tertiary/aromatic N) is 2. The molecule has 0 saturated heterocycles. The van der Waals surface area contributed by atoms with E-state index >= 15 is 0 Å². The molecule has 5 rings (SSSR count). The molecule has 6 nitrogen and oxygen atoms in total. The molecule has 1 atom stereocenters. The van der Waals surface area contributed by atoms with Gasteiger partial charge in [0.15, 0.2) is 5.75 Å². The maximum atomic E-state index is 13.2. The summed E-state index contributed by atoms with van der Waals surface area (Å²) < 4.78 is 12.1. The molecule has 1 unspecified atom stereocenters. The Morgan fingerprint density at radius 2 is 2.14 bits per heavy atom. The van der Waals surface area contributed by atoms with E-state index in [-0.39, 0.29) is 17.0 Å². The number of nitriles is 1. The average molecular weight is 459 g/mol. The number of hydrogen-bond acceptors (Lipinski definition) is 8. The first-order valence-electron chi connectivity index (χ1n) is 8.38. The van der Waals surface area contributed by atoms with Crippen molar-refractivity contribution in [1.29, 1.82) is 5.26 Å². The highest BCUT2D eigenvalue weighted by Crippen LogP contribution is 2.49. The smallest absolute Gasteiger partial charge is 0.256 e. The van der Waals surface area contributed by atoms with Crippen LogP contribution in [0.25, 0.3) is 19.6 Å². The van der Waals surface area contributed by atoms with Gasteiger partial charge in [0.1, 0.15) is 20.7 Å². The largest absolute Gasteiger partial charge is 0.438 e. The lowest BCUT2D eigenvalue weighted by molar-refractivity contribution is 0.397. The number of allylic oxidation sites excluding steroid dienone is 1. The van der Waals surface area contributed by atoms with E-state index in [4.69, 9.17) is 22.1 Å². The third kappa shape index (κ3) is 2.68. The van der Waals surface area contributed by atoms with Crippen LogP contribution in [0.2, 0.25) is 5.02 Å². The van der Waals surface area contributed by atoms with E-state index in [1.54, 1.807) is 24.3 Å². The van der Waals surface area contributed by atoms with Gasteiger partial charge < -0.3 is 15.5 Å². The normalized spacial score (nSPS) is 16.1. The van der Waals surface area contributed by atoms with Crippen molar-refractivity contribution >= 4 is 65.8 Å². The number of rotatable bonds is 2. The molecule has 0 radical (unpaired) electrons. The van der Waals surface area contributed by atoms with Gasteiger partial charge in [-0.3, -0.25) is 4.79 Å². The van der Waals surface area contributed by atoms with Gasteiger partial charge in [0.2, 0.25) is 5.88 Å². The van der Waals surface area contributed by atoms with Gasteiger partial charge in [-0.25, -0.2) is 0 Å². The van der Waals surface area contributed by atoms with Gasteiger partial charge in [-0.05, 0) is 35.5 Å². The number of benzene rings is 1. The van der Waals surface area contributed by atoms with Gasteiger partial charge in [0.05, 0.1) is 27.1 Å². The first-order valence-corrected chi connectivity index (χ1v) is 11.6. The number of aromatic nitrogens is 2. The fraction of sp³-hybridized carbons (Fsp3) is 0.105. The Morgan fingerprint density at radius 1 is 1.38 bits per heavy atom. The third-order valence-corrected chi connectivity index (χ3v) is 7.96. The second-order valence-electron chi connectivity index (χ2n) is 6.33. The van der Waals surface area contributed by atoms with Crippen molar-refractivity contribution in [3.05, 3.63) is 62.2 Å². The Morgan fingerprint density at radius 3 is 2.83 bits per heavy atom. The van der Waals surface area contributed by atoms with Gasteiger partial charge in [0, 0.05) is 5.02 Å². The van der Waals surface area contributed by atoms with E-state index in [1.807, 2.05) is 6.26 Å². The minimum absolute atomic E-state index is 0.00631. The van der Waals surface area contributed by atoms with Gasteiger partial charge in [-0.1, -0.05) is 23.7 Å². The highest BCUT2D eigenvalue weighted by Gasteiger charge is 2.35. The summed E-state index contributed by atoms with van der Waals surface area (Å²) in [4.78, 5) is 16.2. The fourth-order valence-corrected chi connectivity index (χ4v) is 6.66. The van der Waals surface area contributed by atoms with Gasteiger partial charge >= 0.3 is 0 Å². The number of ether oxygens (including phenoxy) is 1. The lowest BCUT2D eigenvalue weighted by Crippen LogP contribution is -2.27. The summed E-state index contributed by atoms with van der Waals surface area (Å²) in [5.74, 6) is -0.222. The number of nitrogens with one attached hydrogen (secondary N) is 1. The molecule has 1 aliphatic heterocycles. The number of thiophene rings is 1. The van der Waals surface area contributed by atoms with Crippen LogP contribution in [0.4, 0.5) is 0 Å². The summed E-state index contributed by atoms with van der Waals surface area (Å²) in [7, 11) is 0. The van der Waals surface area contributed by atoms with Gasteiger partial charge in [0.25, 0.3) is 5.56 Å². The molecular weight excluding hydrogens is 448 g/mol. The highest BCUT2D eigenvalue weighted by molar-refractivity contribution is 7.98. The van der Waals surface area contributed by atoms with E-state index in [0.29, 0.717) is 21.9 Å². The van der Waals surface area contributed by atoms with Crippen LogP contribution < -0.4 is 16.0 Å². The summed E-state index contributed by atoms with van der Waals surface area (Å²) in [6.07, 6.45) is 1.95. The molecule has 1 aliphatic rings. The Bertz CT molecular complexity index is 1430. The summed E-state index contributed by atoms with van der Waals surface area (Å²) in [6.45, 7) is 0. The molecule has 3 N–H and O–H groups in total. The second kappa shape index (κ2) is 6.78. The maximum Gasteiger partial charge on any atom is 0.256 e. The van der Waals surface area contributed by atoms with Gasteiger partial charge in [-0.15, -0.1) is 23.1 Å². The van der Waals surface area contributed by atoms with Crippen molar-refractivity contribution in [2.75, 3.05) is 6.26 Å². The topological polar surface area (TPSA) is 105 Å². The summed E-state index contributed by atoms with van der Waals surface area (Å²) in [5, 5.41) is 12.1. The molecule has 29 heavy (non-hydrogen) atoms. The molecule has 0 aliphatic carbocycles. The van der Waals surface area contributed by atoms with Crippen molar-refractivity contribution in [1.82, 2.24) is 9.36 Å². The van der Waals surface area contributed by atoms with Crippen molar-refractivity contribution in [3.8, 4) is 11.8 Å². The van der Waals surface area contributed by atoms with Gasteiger partial charge in [-0.2, -0.15) is 9.64 Å². The third-order valence-electron chi connectivity index (χ3n) is 4.81. The Labute approximate surface area is 181 Å². The van der Waals surface area contributed by atoms with E-state index in [2.05, 4.69) is 15.4 Å². The van der Waals surface area contributed by atoms with Crippen LogP contribution in [0.15, 0.2) is 45.5 Å². The van der Waals surface area contributed by atoms with Crippen molar-refractivity contribution in [3.63, 3.8) is 0 Å².